The van der Waals surface area contributed by atoms with Gasteiger partial charge in [0.05, 0.1) is 18.8 Å². The first kappa shape index (κ1) is 21.5. The normalized spacial score (nSPS) is 11.5. The third-order valence-corrected chi connectivity index (χ3v) is 4.14. The van der Waals surface area contributed by atoms with Crippen LogP contribution in [0.25, 0.3) is 0 Å². The number of nitrogens with two attached hydrogens (primary N) is 1. The lowest BCUT2D eigenvalue weighted by Gasteiger charge is -2.08. The van der Waals surface area contributed by atoms with E-state index >= 15 is 0 Å². The van der Waals surface area contributed by atoms with Crippen LogP contribution in [0.2, 0.25) is 0 Å². The lowest BCUT2D eigenvalue weighted by atomic mass is 10.1. The first-order chi connectivity index (χ1) is 11.5. The average molecular weight is 455 g/mol. The number of nitrogens with one attached hydrogen (secondary N) is 1. The molecule has 0 radical (unpaired) electrons. The first-order valence-corrected chi connectivity index (χ1v) is 8.58. The van der Waals surface area contributed by atoms with Crippen molar-refractivity contribution in [2.75, 3.05) is 6.54 Å². The van der Waals surface area contributed by atoms with Crippen LogP contribution in [0.15, 0.2) is 35.3 Å². The van der Waals surface area contributed by atoms with E-state index in [0.29, 0.717) is 18.4 Å². The van der Waals surface area contributed by atoms with Gasteiger partial charge in [-0.15, -0.1) is 24.0 Å². The molecule has 5 nitrogen and oxygen atoms in total. The second-order valence-electron chi connectivity index (χ2n) is 6.60. The molecule has 0 atom stereocenters. The lowest BCUT2D eigenvalue weighted by Crippen LogP contribution is -2.32. The number of halogens is 1. The maximum Gasteiger partial charge on any atom is 0.188 e. The van der Waals surface area contributed by atoms with Crippen molar-refractivity contribution in [2.24, 2.45) is 16.6 Å². The minimum absolute atomic E-state index is 0. The van der Waals surface area contributed by atoms with Crippen molar-refractivity contribution >= 4 is 29.9 Å². The molecule has 0 spiro atoms. The van der Waals surface area contributed by atoms with Crippen molar-refractivity contribution in [1.29, 1.82) is 0 Å². The molecule has 1 aromatic heterocycles. The summed E-state index contributed by atoms with van der Waals surface area (Å²) in [6.07, 6.45) is 1.09. The molecule has 0 unspecified atom stereocenters. The Bertz CT molecular complexity index is 677. The highest BCUT2D eigenvalue weighted by molar-refractivity contribution is 14.0. The second-order valence-corrected chi connectivity index (χ2v) is 6.60. The maximum atomic E-state index is 5.95. The van der Waals surface area contributed by atoms with Gasteiger partial charge in [-0.25, -0.2) is 4.99 Å². The zero-order chi connectivity index (χ0) is 17.5. The molecule has 0 aliphatic carbocycles. The molecule has 2 aromatic rings. The Morgan fingerprint density at radius 3 is 2.56 bits per heavy atom. The van der Waals surface area contributed by atoms with Gasteiger partial charge in [-0.3, -0.25) is 4.68 Å². The number of aromatic nitrogens is 2. The van der Waals surface area contributed by atoms with Gasteiger partial charge in [0.2, 0.25) is 0 Å². The van der Waals surface area contributed by atoms with Crippen LogP contribution in [0.5, 0.6) is 0 Å². The molecule has 1 aromatic carbocycles. The molecule has 3 N–H and O–H groups in total. The van der Waals surface area contributed by atoms with E-state index in [4.69, 9.17) is 5.73 Å². The van der Waals surface area contributed by atoms with Gasteiger partial charge in [0, 0.05) is 17.8 Å². The highest BCUT2D eigenvalue weighted by atomic mass is 127. The number of benzene rings is 1. The Morgan fingerprint density at radius 2 is 1.92 bits per heavy atom. The molecule has 1 heterocycles. The standard InChI is InChI=1S/C19H29N5.HI/c1-14(2)10-11-21-19(20)22-12-18-15(3)23-24(16(18)4)13-17-8-6-5-7-9-17;/h5-9,14H,10-13H2,1-4H3,(H3,20,21,22);1H. The number of hydrogen-bond acceptors (Lipinski definition) is 2. The predicted octanol–water partition coefficient (Wildman–Crippen LogP) is 3.62. The summed E-state index contributed by atoms with van der Waals surface area (Å²) in [6, 6.07) is 10.4. The molecular weight excluding hydrogens is 425 g/mol. The predicted molar refractivity (Wildman–Crippen MR) is 115 cm³/mol. The average Bonchev–Trinajstić information content (AvgIpc) is 2.80. The van der Waals surface area contributed by atoms with Crippen molar-refractivity contribution in [1.82, 2.24) is 15.1 Å². The van der Waals surface area contributed by atoms with Gasteiger partial charge < -0.3 is 11.1 Å². The number of aliphatic imine (C=N–C) groups is 1. The monoisotopic (exact) mass is 455 g/mol. The fourth-order valence-electron chi connectivity index (χ4n) is 2.58. The minimum atomic E-state index is 0. The molecule has 0 bridgehead atoms. The summed E-state index contributed by atoms with van der Waals surface area (Å²) in [5, 5.41) is 7.83. The van der Waals surface area contributed by atoms with Crippen molar-refractivity contribution in [3.8, 4) is 0 Å². The van der Waals surface area contributed by atoms with E-state index in [9.17, 15) is 0 Å². The van der Waals surface area contributed by atoms with Crippen LogP contribution in [0.1, 0.15) is 42.8 Å². The quantitative estimate of drug-likeness (QED) is 0.381. The molecule has 0 aliphatic rings. The molecule has 0 saturated heterocycles. The SMILES string of the molecule is Cc1nn(Cc2ccccc2)c(C)c1CN=C(N)NCCC(C)C.I. The number of nitrogens with zero attached hydrogens (tertiary/aromatic N) is 3. The van der Waals surface area contributed by atoms with Gasteiger partial charge in [0.1, 0.15) is 0 Å². The Kier molecular flexibility index (Phi) is 8.96. The number of rotatable bonds is 7. The van der Waals surface area contributed by atoms with Crippen molar-refractivity contribution in [2.45, 2.75) is 47.2 Å². The van der Waals surface area contributed by atoms with Gasteiger partial charge in [0.25, 0.3) is 0 Å². The first-order valence-electron chi connectivity index (χ1n) is 8.58. The van der Waals surface area contributed by atoms with Crippen LogP contribution in [-0.4, -0.2) is 22.3 Å². The lowest BCUT2D eigenvalue weighted by molar-refractivity contribution is 0.576. The molecule has 0 fully saturated rings. The molecule has 0 saturated carbocycles. The zero-order valence-electron chi connectivity index (χ0n) is 15.6. The topological polar surface area (TPSA) is 68.2 Å². The van der Waals surface area contributed by atoms with E-state index in [1.807, 2.05) is 17.7 Å². The van der Waals surface area contributed by atoms with Crippen LogP contribution in [0.3, 0.4) is 0 Å². The third kappa shape index (κ3) is 6.68. The van der Waals surface area contributed by atoms with Gasteiger partial charge in [-0.05, 0) is 31.7 Å². The number of aryl methyl sites for hydroxylation is 1. The van der Waals surface area contributed by atoms with Gasteiger partial charge in [0.15, 0.2) is 5.96 Å². The van der Waals surface area contributed by atoms with Crippen LogP contribution >= 0.6 is 24.0 Å². The molecule has 0 aliphatic heterocycles. The van der Waals surface area contributed by atoms with Crippen LogP contribution in [-0.2, 0) is 13.1 Å². The van der Waals surface area contributed by atoms with Crippen molar-refractivity contribution < 1.29 is 0 Å². The molecule has 6 heteroatoms. The Morgan fingerprint density at radius 1 is 1.24 bits per heavy atom. The smallest absolute Gasteiger partial charge is 0.188 e. The molecule has 25 heavy (non-hydrogen) atoms. The largest absolute Gasteiger partial charge is 0.370 e. The Hall–Kier alpha value is -1.57. The minimum Gasteiger partial charge on any atom is -0.370 e. The molecular formula is C19H30IN5. The third-order valence-electron chi connectivity index (χ3n) is 4.14. The summed E-state index contributed by atoms with van der Waals surface area (Å²) in [6.45, 7) is 10.7. The summed E-state index contributed by atoms with van der Waals surface area (Å²) < 4.78 is 2.04. The molecule has 2 rings (SSSR count). The fourth-order valence-corrected chi connectivity index (χ4v) is 2.58. The van der Waals surface area contributed by atoms with E-state index in [-0.39, 0.29) is 24.0 Å². The van der Waals surface area contributed by atoms with Crippen molar-refractivity contribution in [3.63, 3.8) is 0 Å². The second kappa shape index (κ2) is 10.4. The highest BCUT2D eigenvalue weighted by Gasteiger charge is 2.11. The van der Waals surface area contributed by atoms with Crippen LogP contribution in [0.4, 0.5) is 0 Å². The molecule has 138 valence electrons. The highest BCUT2D eigenvalue weighted by Crippen LogP contribution is 2.15. The van der Waals surface area contributed by atoms with Gasteiger partial charge in [-0.2, -0.15) is 5.10 Å². The summed E-state index contributed by atoms with van der Waals surface area (Å²) in [5.74, 6) is 1.16. The zero-order valence-corrected chi connectivity index (χ0v) is 18.0. The number of hydrogen-bond donors (Lipinski definition) is 2. The van der Waals surface area contributed by atoms with Gasteiger partial charge >= 0.3 is 0 Å². The van der Waals surface area contributed by atoms with E-state index in [2.05, 4.69) is 60.4 Å². The summed E-state index contributed by atoms with van der Waals surface area (Å²) in [4.78, 5) is 4.46. The van der Waals surface area contributed by atoms with Crippen molar-refractivity contribution in [3.05, 3.63) is 52.8 Å². The number of guanidine groups is 1. The maximum absolute atomic E-state index is 5.95. The molecule has 0 amide bonds. The summed E-state index contributed by atoms with van der Waals surface area (Å²) in [7, 11) is 0. The fraction of sp³-hybridized carbons (Fsp3) is 0.474. The summed E-state index contributed by atoms with van der Waals surface area (Å²) in [5.41, 5.74) is 10.5. The van der Waals surface area contributed by atoms with E-state index in [0.717, 1.165) is 36.5 Å². The van der Waals surface area contributed by atoms with E-state index < -0.39 is 0 Å². The summed E-state index contributed by atoms with van der Waals surface area (Å²) >= 11 is 0. The van der Waals surface area contributed by atoms with E-state index in [1.54, 1.807) is 0 Å². The van der Waals surface area contributed by atoms with Crippen LogP contribution in [0, 0.1) is 19.8 Å². The Labute approximate surface area is 168 Å². The van der Waals surface area contributed by atoms with E-state index in [1.165, 1.54) is 5.56 Å². The van der Waals surface area contributed by atoms with Crippen LogP contribution < -0.4 is 11.1 Å². The Balaban J connectivity index is 0.00000312. The van der Waals surface area contributed by atoms with Gasteiger partial charge in [-0.1, -0.05) is 44.2 Å².